The molecule has 0 aliphatic carbocycles. The van der Waals surface area contributed by atoms with E-state index < -0.39 is 5.97 Å². The van der Waals surface area contributed by atoms with Gasteiger partial charge in [-0.2, -0.15) is 0 Å². The monoisotopic (exact) mass is 341 g/mol. The van der Waals surface area contributed by atoms with Crippen molar-refractivity contribution in [3.05, 3.63) is 64.7 Å². The number of hydrogen-bond acceptors (Lipinski definition) is 4. The molecule has 2 aromatic carbocycles. The van der Waals surface area contributed by atoms with Crippen molar-refractivity contribution in [3.8, 4) is 5.75 Å². The molecule has 1 amide bonds. The standard InChI is InChI=1S/C20H23NO4/c1-14-8-9-17(15(2)12-14)20(23)25-13-19(22)21-11-10-16-6-4-5-7-18(16)24-3/h4-9,12H,10-11,13H2,1-3H3,(H,21,22). The van der Waals surface area contributed by atoms with Gasteiger partial charge in [0.2, 0.25) is 0 Å². The minimum atomic E-state index is -0.489. The maximum absolute atomic E-state index is 12.0. The summed E-state index contributed by atoms with van der Waals surface area (Å²) in [6.45, 7) is 3.95. The number of amides is 1. The molecule has 0 fully saturated rings. The van der Waals surface area contributed by atoms with Gasteiger partial charge in [-0.15, -0.1) is 0 Å². The van der Waals surface area contributed by atoms with E-state index in [-0.39, 0.29) is 12.5 Å². The number of carbonyl (C=O) groups is 2. The molecule has 132 valence electrons. The van der Waals surface area contributed by atoms with Crippen LogP contribution in [0.5, 0.6) is 5.75 Å². The van der Waals surface area contributed by atoms with E-state index >= 15 is 0 Å². The zero-order valence-electron chi connectivity index (χ0n) is 14.8. The van der Waals surface area contributed by atoms with Crippen molar-refractivity contribution in [2.75, 3.05) is 20.3 Å². The summed E-state index contributed by atoms with van der Waals surface area (Å²) in [7, 11) is 1.62. The Hall–Kier alpha value is -2.82. The van der Waals surface area contributed by atoms with E-state index in [9.17, 15) is 9.59 Å². The first-order valence-electron chi connectivity index (χ1n) is 8.14. The number of nitrogens with one attached hydrogen (secondary N) is 1. The topological polar surface area (TPSA) is 64.6 Å². The molecule has 25 heavy (non-hydrogen) atoms. The fourth-order valence-corrected chi connectivity index (χ4v) is 2.55. The molecular formula is C20H23NO4. The predicted octanol–water partition coefficient (Wildman–Crippen LogP) is 2.83. The SMILES string of the molecule is COc1ccccc1CCNC(=O)COC(=O)c1ccc(C)cc1C. The van der Waals surface area contributed by atoms with Gasteiger partial charge in [0.15, 0.2) is 6.61 Å². The molecule has 0 aliphatic heterocycles. The zero-order chi connectivity index (χ0) is 18.2. The van der Waals surface area contributed by atoms with Crippen molar-refractivity contribution in [3.63, 3.8) is 0 Å². The molecule has 5 heteroatoms. The Bertz CT molecular complexity index is 755. The highest BCUT2D eigenvalue weighted by atomic mass is 16.5. The lowest BCUT2D eigenvalue weighted by atomic mass is 10.1. The fraction of sp³-hybridized carbons (Fsp3) is 0.300. The van der Waals surface area contributed by atoms with Gasteiger partial charge in [0, 0.05) is 6.54 Å². The average Bonchev–Trinajstić information content (AvgIpc) is 2.60. The van der Waals surface area contributed by atoms with Crippen molar-refractivity contribution in [1.29, 1.82) is 0 Å². The number of benzene rings is 2. The van der Waals surface area contributed by atoms with Gasteiger partial charge >= 0.3 is 5.97 Å². The van der Waals surface area contributed by atoms with Gasteiger partial charge in [-0.05, 0) is 43.5 Å². The van der Waals surface area contributed by atoms with E-state index in [4.69, 9.17) is 9.47 Å². The van der Waals surface area contributed by atoms with Crippen molar-refractivity contribution < 1.29 is 19.1 Å². The number of esters is 1. The number of hydrogen-bond donors (Lipinski definition) is 1. The van der Waals surface area contributed by atoms with Crippen LogP contribution >= 0.6 is 0 Å². The molecule has 5 nitrogen and oxygen atoms in total. The molecule has 0 atom stereocenters. The van der Waals surface area contributed by atoms with E-state index in [2.05, 4.69) is 5.32 Å². The lowest BCUT2D eigenvalue weighted by Gasteiger charge is -2.10. The number of ether oxygens (including phenoxy) is 2. The molecular weight excluding hydrogens is 318 g/mol. The van der Waals surface area contributed by atoms with Gasteiger partial charge in [-0.25, -0.2) is 4.79 Å². The first-order chi connectivity index (χ1) is 12.0. The van der Waals surface area contributed by atoms with Gasteiger partial charge < -0.3 is 14.8 Å². The van der Waals surface area contributed by atoms with Crippen LogP contribution in [0.25, 0.3) is 0 Å². The zero-order valence-corrected chi connectivity index (χ0v) is 14.8. The summed E-state index contributed by atoms with van der Waals surface area (Å²) in [5.41, 5.74) is 3.40. The second-order valence-corrected chi connectivity index (χ2v) is 5.81. The molecule has 0 heterocycles. The van der Waals surface area contributed by atoms with Crippen molar-refractivity contribution in [2.45, 2.75) is 20.3 Å². The predicted molar refractivity (Wildman–Crippen MR) is 95.9 cm³/mol. The Balaban J connectivity index is 1.78. The molecule has 0 aromatic heterocycles. The molecule has 0 saturated heterocycles. The Morgan fingerprint density at radius 1 is 1.08 bits per heavy atom. The molecule has 0 aliphatic rings. The Morgan fingerprint density at radius 2 is 1.84 bits per heavy atom. The lowest BCUT2D eigenvalue weighted by Crippen LogP contribution is -2.30. The van der Waals surface area contributed by atoms with E-state index in [0.717, 1.165) is 22.4 Å². The van der Waals surface area contributed by atoms with Crippen LogP contribution in [0.3, 0.4) is 0 Å². The van der Waals surface area contributed by atoms with Crippen LogP contribution in [0.2, 0.25) is 0 Å². The van der Waals surface area contributed by atoms with Gasteiger partial charge in [0.25, 0.3) is 5.91 Å². The van der Waals surface area contributed by atoms with Crippen LogP contribution in [0.15, 0.2) is 42.5 Å². The first-order valence-corrected chi connectivity index (χ1v) is 8.14. The minimum Gasteiger partial charge on any atom is -0.496 e. The highest BCUT2D eigenvalue weighted by Crippen LogP contribution is 2.17. The molecule has 1 N–H and O–H groups in total. The summed E-state index contributed by atoms with van der Waals surface area (Å²) in [6, 6.07) is 13.1. The summed E-state index contributed by atoms with van der Waals surface area (Å²) < 4.78 is 10.4. The third-order valence-electron chi connectivity index (χ3n) is 3.85. The molecule has 0 spiro atoms. The normalized spacial score (nSPS) is 10.2. The maximum Gasteiger partial charge on any atom is 0.338 e. The van der Waals surface area contributed by atoms with E-state index in [1.807, 2.05) is 50.2 Å². The molecule has 2 rings (SSSR count). The lowest BCUT2D eigenvalue weighted by molar-refractivity contribution is -0.124. The number of carbonyl (C=O) groups excluding carboxylic acids is 2. The van der Waals surface area contributed by atoms with E-state index in [1.54, 1.807) is 13.2 Å². The largest absolute Gasteiger partial charge is 0.496 e. The highest BCUT2D eigenvalue weighted by Gasteiger charge is 2.12. The van der Waals surface area contributed by atoms with Crippen LogP contribution in [-0.2, 0) is 16.0 Å². The Kier molecular flexibility index (Phi) is 6.57. The molecule has 0 unspecified atom stereocenters. The number of aryl methyl sites for hydroxylation is 2. The smallest absolute Gasteiger partial charge is 0.338 e. The average molecular weight is 341 g/mol. The third kappa shape index (κ3) is 5.35. The molecule has 0 saturated carbocycles. The minimum absolute atomic E-state index is 0.294. The molecule has 0 bridgehead atoms. The van der Waals surface area contributed by atoms with E-state index in [1.165, 1.54) is 0 Å². The van der Waals surface area contributed by atoms with Crippen LogP contribution in [0, 0.1) is 13.8 Å². The second-order valence-electron chi connectivity index (χ2n) is 5.81. The van der Waals surface area contributed by atoms with Crippen LogP contribution < -0.4 is 10.1 Å². The van der Waals surface area contributed by atoms with Crippen LogP contribution in [-0.4, -0.2) is 32.1 Å². The maximum atomic E-state index is 12.0. The summed E-state index contributed by atoms with van der Waals surface area (Å²) in [5, 5.41) is 2.74. The van der Waals surface area contributed by atoms with Gasteiger partial charge in [0.05, 0.1) is 12.7 Å². The number of para-hydroxylation sites is 1. The van der Waals surface area contributed by atoms with Crippen molar-refractivity contribution in [2.24, 2.45) is 0 Å². The Morgan fingerprint density at radius 3 is 2.56 bits per heavy atom. The quantitative estimate of drug-likeness (QED) is 0.787. The van der Waals surface area contributed by atoms with Crippen molar-refractivity contribution >= 4 is 11.9 Å². The summed E-state index contributed by atoms with van der Waals surface area (Å²) in [4.78, 5) is 23.9. The van der Waals surface area contributed by atoms with Gasteiger partial charge in [-0.3, -0.25) is 4.79 Å². The van der Waals surface area contributed by atoms with Crippen LogP contribution in [0.1, 0.15) is 27.0 Å². The first kappa shape index (κ1) is 18.5. The van der Waals surface area contributed by atoms with E-state index in [0.29, 0.717) is 18.5 Å². The fourth-order valence-electron chi connectivity index (χ4n) is 2.55. The number of methoxy groups -OCH3 is 1. The second kappa shape index (κ2) is 8.87. The Labute approximate surface area is 148 Å². The number of rotatable bonds is 7. The summed E-state index contributed by atoms with van der Waals surface area (Å²) in [6.07, 6.45) is 0.640. The van der Waals surface area contributed by atoms with Gasteiger partial charge in [-0.1, -0.05) is 35.9 Å². The molecule has 0 radical (unpaired) electrons. The summed E-state index contributed by atoms with van der Waals surface area (Å²) in [5.74, 6) is -0.0246. The third-order valence-corrected chi connectivity index (χ3v) is 3.85. The molecule has 2 aromatic rings. The van der Waals surface area contributed by atoms with Crippen LogP contribution in [0.4, 0.5) is 0 Å². The van der Waals surface area contributed by atoms with Gasteiger partial charge in [0.1, 0.15) is 5.75 Å². The summed E-state index contributed by atoms with van der Waals surface area (Å²) >= 11 is 0. The highest BCUT2D eigenvalue weighted by molar-refractivity contribution is 5.92. The van der Waals surface area contributed by atoms with Crippen molar-refractivity contribution in [1.82, 2.24) is 5.32 Å².